The first-order chi connectivity index (χ1) is 10.5. The first-order valence-corrected chi connectivity index (χ1v) is 10.0. The normalized spacial score (nSPS) is 19.9. The van der Waals surface area contributed by atoms with E-state index in [0.717, 1.165) is 25.7 Å². The molecule has 5 nitrogen and oxygen atoms in total. The Hall–Kier alpha value is -1.03. The van der Waals surface area contributed by atoms with Gasteiger partial charge in [0.15, 0.2) is 0 Å². The first kappa shape index (κ1) is 17.3. The highest BCUT2D eigenvalue weighted by molar-refractivity contribution is 7.84. The molecule has 1 aromatic carbocycles. The van der Waals surface area contributed by atoms with Crippen molar-refractivity contribution < 1.29 is 18.6 Å². The topological polar surface area (TPSA) is 64.6 Å². The second-order valence-electron chi connectivity index (χ2n) is 5.43. The van der Waals surface area contributed by atoms with Crippen LogP contribution in [0.2, 0.25) is 0 Å². The molecular weight excluding hydrogens is 325 g/mol. The van der Waals surface area contributed by atoms with Gasteiger partial charge in [0.2, 0.25) is 0 Å². The largest absolute Gasteiger partial charge is 0.461 e. The minimum atomic E-state index is -3.66. The number of carbonyl (C=O) groups is 1. The molecule has 0 spiro atoms. The number of ether oxygens (including phenoxy) is 1. The average Bonchev–Trinajstić information content (AvgIpc) is 2.48. The number of halogens is 1. The number of benzene rings is 1. The molecule has 7 heteroatoms. The van der Waals surface area contributed by atoms with Gasteiger partial charge < -0.3 is 9.26 Å². The zero-order chi connectivity index (χ0) is 16.0. The van der Waals surface area contributed by atoms with Crippen molar-refractivity contribution in [3.05, 3.63) is 30.3 Å². The van der Waals surface area contributed by atoms with E-state index < -0.39 is 18.9 Å². The Morgan fingerprint density at radius 1 is 1.27 bits per heavy atom. The SMILES string of the molecule is C[C@H](NP(=O)(Cl)Oc1ccccc1)C(=O)OC1CCCCC1. The van der Waals surface area contributed by atoms with Gasteiger partial charge in [0, 0.05) is 11.2 Å². The zero-order valence-electron chi connectivity index (χ0n) is 12.5. The van der Waals surface area contributed by atoms with E-state index in [9.17, 15) is 9.36 Å². The van der Waals surface area contributed by atoms with Crippen LogP contribution in [0.15, 0.2) is 30.3 Å². The molecule has 22 heavy (non-hydrogen) atoms. The van der Waals surface area contributed by atoms with Crippen molar-refractivity contribution in [2.75, 3.05) is 0 Å². The van der Waals surface area contributed by atoms with Crippen LogP contribution in [-0.2, 0) is 14.1 Å². The molecule has 0 amide bonds. The van der Waals surface area contributed by atoms with E-state index in [1.165, 1.54) is 6.42 Å². The number of esters is 1. The standard InChI is InChI=1S/C15H21ClNO4P/c1-12(15(18)20-13-8-4-2-5-9-13)17-22(16,19)21-14-10-6-3-7-11-14/h3,6-7,10-13H,2,4-5,8-9H2,1H3,(H,17,19)/t12-,22?/m0/s1. The summed E-state index contributed by atoms with van der Waals surface area (Å²) in [5.74, 6) is -0.0781. The summed E-state index contributed by atoms with van der Waals surface area (Å²) < 4.78 is 22.8. The number of nitrogens with one attached hydrogen (secondary N) is 1. The lowest BCUT2D eigenvalue weighted by Gasteiger charge is -2.24. The fourth-order valence-corrected chi connectivity index (χ4v) is 4.07. The lowest BCUT2D eigenvalue weighted by atomic mass is 9.98. The van der Waals surface area contributed by atoms with Gasteiger partial charge in [-0.3, -0.25) is 4.79 Å². The number of carbonyl (C=O) groups excluding carboxylic acids is 1. The van der Waals surface area contributed by atoms with Crippen LogP contribution in [0.5, 0.6) is 5.75 Å². The van der Waals surface area contributed by atoms with Gasteiger partial charge in [0.1, 0.15) is 17.9 Å². The Labute approximate surface area is 135 Å². The van der Waals surface area contributed by atoms with E-state index >= 15 is 0 Å². The Morgan fingerprint density at radius 3 is 2.55 bits per heavy atom. The van der Waals surface area contributed by atoms with Crippen LogP contribution < -0.4 is 9.61 Å². The minimum absolute atomic E-state index is 0.0461. The van der Waals surface area contributed by atoms with Crippen molar-refractivity contribution in [2.45, 2.75) is 51.2 Å². The van der Waals surface area contributed by atoms with Crippen LogP contribution in [0, 0.1) is 0 Å². The van der Waals surface area contributed by atoms with E-state index in [-0.39, 0.29) is 6.10 Å². The Bertz CT molecular complexity index is 534. The number of hydrogen-bond donors (Lipinski definition) is 1. The Kier molecular flexibility index (Phi) is 6.30. The number of para-hydroxylation sites is 1. The Morgan fingerprint density at radius 2 is 1.91 bits per heavy atom. The molecule has 122 valence electrons. The van der Waals surface area contributed by atoms with Crippen LogP contribution in [0.25, 0.3) is 0 Å². The highest BCUT2D eigenvalue weighted by atomic mass is 35.7. The van der Waals surface area contributed by atoms with Crippen molar-refractivity contribution in [3.63, 3.8) is 0 Å². The molecule has 2 rings (SSSR count). The molecule has 0 heterocycles. The summed E-state index contributed by atoms with van der Waals surface area (Å²) in [4.78, 5) is 12.0. The van der Waals surface area contributed by atoms with Gasteiger partial charge >= 0.3 is 12.8 Å². The maximum absolute atomic E-state index is 12.2. The van der Waals surface area contributed by atoms with Crippen molar-refractivity contribution in [1.29, 1.82) is 0 Å². The van der Waals surface area contributed by atoms with Gasteiger partial charge in [-0.25, -0.2) is 9.65 Å². The molecule has 1 aromatic rings. The third kappa shape index (κ3) is 5.64. The van der Waals surface area contributed by atoms with Crippen molar-refractivity contribution in [1.82, 2.24) is 5.09 Å². The molecule has 2 atom stereocenters. The van der Waals surface area contributed by atoms with Crippen molar-refractivity contribution >= 4 is 24.1 Å². The van der Waals surface area contributed by atoms with Crippen LogP contribution >= 0.6 is 18.1 Å². The molecule has 0 aliphatic heterocycles. The van der Waals surface area contributed by atoms with Gasteiger partial charge in [-0.05, 0) is 44.7 Å². The molecular formula is C15H21ClNO4P. The summed E-state index contributed by atoms with van der Waals surface area (Å²) in [5.41, 5.74) is 0. The maximum Gasteiger partial charge on any atom is 0.409 e. The third-order valence-electron chi connectivity index (χ3n) is 3.50. The summed E-state index contributed by atoms with van der Waals surface area (Å²) in [6.07, 6.45) is 5.06. The lowest BCUT2D eigenvalue weighted by Crippen LogP contribution is -2.36. The van der Waals surface area contributed by atoms with Gasteiger partial charge in [-0.2, -0.15) is 0 Å². The maximum atomic E-state index is 12.2. The molecule has 1 aliphatic rings. The fraction of sp³-hybridized carbons (Fsp3) is 0.533. The second-order valence-corrected chi connectivity index (χ2v) is 8.17. The van der Waals surface area contributed by atoms with Gasteiger partial charge in [0.25, 0.3) is 0 Å². The van der Waals surface area contributed by atoms with Crippen molar-refractivity contribution in [2.24, 2.45) is 0 Å². The van der Waals surface area contributed by atoms with E-state index in [0.29, 0.717) is 5.75 Å². The first-order valence-electron chi connectivity index (χ1n) is 7.49. The number of hydrogen-bond acceptors (Lipinski definition) is 4. The minimum Gasteiger partial charge on any atom is -0.461 e. The monoisotopic (exact) mass is 345 g/mol. The van der Waals surface area contributed by atoms with Gasteiger partial charge in [0.05, 0.1) is 0 Å². The van der Waals surface area contributed by atoms with Gasteiger partial charge in [-0.15, -0.1) is 0 Å². The highest BCUT2D eigenvalue weighted by Crippen LogP contribution is 2.48. The molecule has 0 aromatic heterocycles. The molecule has 1 fully saturated rings. The summed E-state index contributed by atoms with van der Waals surface area (Å²) >= 11 is 5.87. The highest BCUT2D eigenvalue weighted by Gasteiger charge is 2.29. The number of rotatable bonds is 6. The van der Waals surface area contributed by atoms with Gasteiger partial charge in [-0.1, -0.05) is 24.6 Å². The van der Waals surface area contributed by atoms with E-state index in [4.69, 9.17) is 20.5 Å². The molecule has 1 unspecified atom stereocenters. The summed E-state index contributed by atoms with van der Waals surface area (Å²) in [7, 11) is 0. The molecule has 1 saturated carbocycles. The molecule has 0 saturated heterocycles. The summed E-state index contributed by atoms with van der Waals surface area (Å²) in [6, 6.07) is 7.78. The smallest absolute Gasteiger partial charge is 0.409 e. The Balaban J connectivity index is 1.85. The quantitative estimate of drug-likeness (QED) is 0.616. The van der Waals surface area contributed by atoms with Crippen LogP contribution in [-0.4, -0.2) is 18.1 Å². The predicted octanol–water partition coefficient (Wildman–Crippen LogP) is 4.27. The predicted molar refractivity (Wildman–Crippen MR) is 86.1 cm³/mol. The van der Waals surface area contributed by atoms with Crippen LogP contribution in [0.1, 0.15) is 39.0 Å². The van der Waals surface area contributed by atoms with E-state index in [1.807, 2.05) is 6.07 Å². The molecule has 1 aliphatic carbocycles. The lowest BCUT2D eigenvalue weighted by molar-refractivity contribution is -0.152. The van der Waals surface area contributed by atoms with Crippen LogP contribution in [0.4, 0.5) is 0 Å². The van der Waals surface area contributed by atoms with Crippen LogP contribution in [0.3, 0.4) is 0 Å². The summed E-state index contributed by atoms with van der Waals surface area (Å²) in [6.45, 7) is -2.09. The molecule has 0 bridgehead atoms. The van der Waals surface area contributed by atoms with E-state index in [1.54, 1.807) is 31.2 Å². The zero-order valence-corrected chi connectivity index (χ0v) is 14.2. The second kappa shape index (κ2) is 8.00. The summed E-state index contributed by atoms with van der Waals surface area (Å²) in [5, 5.41) is 2.52. The average molecular weight is 346 g/mol. The van der Waals surface area contributed by atoms with Crippen molar-refractivity contribution in [3.8, 4) is 5.75 Å². The molecule has 1 N–H and O–H groups in total. The fourth-order valence-electron chi connectivity index (χ4n) is 2.38. The molecule has 0 radical (unpaired) electrons. The third-order valence-corrected chi connectivity index (χ3v) is 5.14. The van der Waals surface area contributed by atoms with E-state index in [2.05, 4.69) is 5.09 Å².